The lowest BCUT2D eigenvalue weighted by molar-refractivity contribution is -0.0937. The minimum absolute atomic E-state index is 0.0108. The first-order valence-corrected chi connectivity index (χ1v) is 12.0. The van der Waals surface area contributed by atoms with Crippen LogP contribution in [0.3, 0.4) is 0 Å². The highest BCUT2D eigenvalue weighted by atomic mass is 32.2. The molecule has 4 rings (SSSR count). The van der Waals surface area contributed by atoms with Gasteiger partial charge in [-0.3, -0.25) is 4.90 Å². The fourth-order valence-corrected chi connectivity index (χ4v) is 6.07. The Hall–Kier alpha value is -2.75. The summed E-state index contributed by atoms with van der Waals surface area (Å²) in [6.45, 7) is -0.0215. The van der Waals surface area contributed by atoms with Gasteiger partial charge in [-0.15, -0.1) is 0 Å². The van der Waals surface area contributed by atoms with E-state index in [4.69, 9.17) is 0 Å². The normalized spacial score (nSPS) is 16.1. The first-order valence-electron chi connectivity index (χ1n) is 10.1. The van der Waals surface area contributed by atoms with Gasteiger partial charge in [0.25, 0.3) is 0 Å². The molecule has 1 heterocycles. The zero-order valence-electron chi connectivity index (χ0n) is 17.4. The third kappa shape index (κ3) is 5.61. The number of sulfone groups is 1. The third-order valence-electron chi connectivity index (χ3n) is 5.53. The number of likely N-dealkylation sites (tertiary alicyclic amines) is 1. The molecule has 174 valence electrons. The predicted molar refractivity (Wildman–Crippen MR) is 115 cm³/mol. The van der Waals surface area contributed by atoms with E-state index in [0.29, 0.717) is 17.2 Å². The van der Waals surface area contributed by atoms with Crippen LogP contribution in [-0.4, -0.2) is 42.9 Å². The van der Waals surface area contributed by atoms with Gasteiger partial charge in [-0.1, -0.05) is 24.3 Å². The molecule has 0 aromatic heterocycles. The van der Waals surface area contributed by atoms with Crippen LogP contribution >= 0.6 is 0 Å². The topological polar surface area (TPSA) is 57.6 Å². The van der Waals surface area contributed by atoms with Crippen molar-refractivity contribution in [3.05, 3.63) is 107 Å². The number of β-amino-alcohol motifs (C(OH)–C–C–N with tert-alkyl or cyclic N) is 1. The van der Waals surface area contributed by atoms with Crippen molar-refractivity contribution >= 4 is 9.84 Å². The second-order valence-corrected chi connectivity index (χ2v) is 10.5. The number of halogens is 4. The van der Waals surface area contributed by atoms with Gasteiger partial charge in [0.05, 0.1) is 17.5 Å². The number of aliphatic hydroxyl groups is 1. The van der Waals surface area contributed by atoms with Gasteiger partial charge >= 0.3 is 0 Å². The monoisotopic (exact) mass is 479 g/mol. The Labute approximate surface area is 189 Å². The van der Waals surface area contributed by atoms with Gasteiger partial charge in [0.2, 0.25) is 0 Å². The Morgan fingerprint density at radius 1 is 0.788 bits per heavy atom. The summed E-state index contributed by atoms with van der Waals surface area (Å²) in [6, 6.07) is 13.6. The lowest BCUT2D eigenvalue weighted by atomic mass is 9.88. The molecule has 9 heteroatoms. The SMILES string of the molecule is O=S(=O)(Cc1cc(F)cc(F)c1)CC1(O)CN(C(c2ccc(F)cc2)c2ccc(F)cc2)C1. The quantitative estimate of drug-likeness (QED) is 0.521. The summed E-state index contributed by atoms with van der Waals surface area (Å²) in [5, 5.41) is 10.8. The van der Waals surface area contributed by atoms with Crippen molar-refractivity contribution in [2.75, 3.05) is 18.8 Å². The van der Waals surface area contributed by atoms with Gasteiger partial charge in [-0.2, -0.15) is 0 Å². The molecule has 0 bridgehead atoms. The van der Waals surface area contributed by atoms with E-state index in [1.54, 1.807) is 29.2 Å². The van der Waals surface area contributed by atoms with Crippen LogP contribution in [0.1, 0.15) is 22.7 Å². The number of nitrogens with zero attached hydrogens (tertiary/aromatic N) is 1. The van der Waals surface area contributed by atoms with E-state index >= 15 is 0 Å². The first kappa shape index (κ1) is 23.4. The molecule has 1 aliphatic heterocycles. The van der Waals surface area contributed by atoms with Gasteiger partial charge in [0.15, 0.2) is 9.84 Å². The number of rotatable bonds is 7. The van der Waals surface area contributed by atoms with E-state index in [1.165, 1.54) is 24.3 Å². The molecule has 3 aromatic rings. The summed E-state index contributed by atoms with van der Waals surface area (Å²) >= 11 is 0. The minimum Gasteiger partial charge on any atom is -0.386 e. The van der Waals surface area contributed by atoms with E-state index in [2.05, 4.69) is 0 Å². The summed E-state index contributed by atoms with van der Waals surface area (Å²) in [5.41, 5.74) is -0.211. The molecular weight excluding hydrogens is 458 g/mol. The molecule has 0 saturated carbocycles. The van der Waals surface area contributed by atoms with Crippen molar-refractivity contribution in [2.45, 2.75) is 17.4 Å². The van der Waals surface area contributed by atoms with Crippen molar-refractivity contribution in [3.63, 3.8) is 0 Å². The van der Waals surface area contributed by atoms with Gasteiger partial charge in [0, 0.05) is 19.2 Å². The average Bonchev–Trinajstić information content (AvgIpc) is 2.68. The van der Waals surface area contributed by atoms with E-state index in [-0.39, 0.29) is 18.7 Å². The lowest BCUT2D eigenvalue weighted by Gasteiger charge is -2.50. The van der Waals surface area contributed by atoms with Crippen LogP contribution in [0.15, 0.2) is 66.7 Å². The van der Waals surface area contributed by atoms with Crippen molar-refractivity contribution in [1.82, 2.24) is 4.90 Å². The smallest absolute Gasteiger partial charge is 0.157 e. The summed E-state index contributed by atoms with van der Waals surface area (Å²) in [7, 11) is -3.89. The van der Waals surface area contributed by atoms with E-state index in [9.17, 15) is 31.1 Å². The Kier molecular flexibility index (Phi) is 6.30. The summed E-state index contributed by atoms with van der Waals surface area (Å²) in [5.74, 6) is -3.80. The van der Waals surface area contributed by atoms with Crippen LogP contribution in [0.25, 0.3) is 0 Å². The standard InChI is InChI=1S/C24H21F4NO3S/c25-19-5-1-17(2-6-19)23(18-3-7-20(26)8-4-18)29-13-24(30,14-29)15-33(31,32)12-16-9-21(27)11-22(28)10-16/h1-11,23,30H,12-15H2. The lowest BCUT2D eigenvalue weighted by Crippen LogP contribution is -2.65. The Balaban J connectivity index is 1.51. The Morgan fingerprint density at radius 2 is 1.24 bits per heavy atom. The molecule has 0 unspecified atom stereocenters. The molecule has 4 nitrogen and oxygen atoms in total. The zero-order valence-corrected chi connectivity index (χ0v) is 18.2. The molecular formula is C24H21F4NO3S. The fraction of sp³-hybridized carbons (Fsp3) is 0.250. The van der Waals surface area contributed by atoms with E-state index in [0.717, 1.165) is 12.1 Å². The minimum atomic E-state index is -3.89. The van der Waals surface area contributed by atoms with Crippen LogP contribution in [0.5, 0.6) is 0 Å². The molecule has 1 saturated heterocycles. The van der Waals surface area contributed by atoms with Gasteiger partial charge in [-0.05, 0) is 53.1 Å². The second-order valence-electron chi connectivity index (χ2n) is 8.44. The number of hydrogen-bond donors (Lipinski definition) is 1. The molecule has 0 aliphatic carbocycles. The molecule has 3 aromatic carbocycles. The van der Waals surface area contributed by atoms with Crippen molar-refractivity contribution in [1.29, 1.82) is 0 Å². The van der Waals surface area contributed by atoms with Crippen LogP contribution in [0.4, 0.5) is 17.6 Å². The van der Waals surface area contributed by atoms with E-state index in [1.807, 2.05) is 0 Å². The van der Waals surface area contributed by atoms with Crippen LogP contribution < -0.4 is 0 Å². The van der Waals surface area contributed by atoms with E-state index < -0.39 is 56.3 Å². The molecule has 1 N–H and O–H groups in total. The summed E-state index contributed by atoms with van der Waals surface area (Å²) in [6.07, 6.45) is 0. The zero-order chi connectivity index (χ0) is 23.8. The maximum atomic E-state index is 13.4. The van der Waals surface area contributed by atoms with Crippen LogP contribution in [-0.2, 0) is 15.6 Å². The number of benzene rings is 3. The second kappa shape index (κ2) is 8.89. The Bertz CT molecular complexity index is 1180. The highest BCUT2D eigenvalue weighted by molar-refractivity contribution is 7.90. The maximum Gasteiger partial charge on any atom is 0.157 e. The van der Waals surface area contributed by atoms with Gasteiger partial charge in [-0.25, -0.2) is 26.0 Å². The molecule has 1 aliphatic rings. The predicted octanol–water partition coefficient (Wildman–Crippen LogP) is 3.99. The molecule has 0 amide bonds. The Morgan fingerprint density at radius 3 is 1.70 bits per heavy atom. The number of hydrogen-bond acceptors (Lipinski definition) is 4. The molecule has 0 atom stereocenters. The third-order valence-corrected chi connectivity index (χ3v) is 7.28. The highest BCUT2D eigenvalue weighted by Crippen LogP contribution is 2.37. The molecule has 1 fully saturated rings. The van der Waals surface area contributed by atoms with Crippen molar-refractivity contribution in [3.8, 4) is 0 Å². The molecule has 33 heavy (non-hydrogen) atoms. The summed E-state index contributed by atoms with van der Waals surface area (Å²) in [4.78, 5) is 1.80. The summed E-state index contributed by atoms with van der Waals surface area (Å²) < 4.78 is 78.9. The largest absolute Gasteiger partial charge is 0.386 e. The molecule has 0 spiro atoms. The average molecular weight is 479 g/mol. The maximum absolute atomic E-state index is 13.4. The van der Waals surface area contributed by atoms with Gasteiger partial charge < -0.3 is 5.11 Å². The van der Waals surface area contributed by atoms with Crippen molar-refractivity contribution < 1.29 is 31.1 Å². The molecule has 0 radical (unpaired) electrons. The van der Waals surface area contributed by atoms with Crippen LogP contribution in [0, 0.1) is 23.3 Å². The fourth-order valence-electron chi connectivity index (χ4n) is 4.30. The highest BCUT2D eigenvalue weighted by Gasteiger charge is 2.47. The van der Waals surface area contributed by atoms with Crippen LogP contribution in [0.2, 0.25) is 0 Å². The van der Waals surface area contributed by atoms with Gasteiger partial charge in [0.1, 0.15) is 28.9 Å². The van der Waals surface area contributed by atoms with Crippen molar-refractivity contribution in [2.24, 2.45) is 0 Å². The first-order chi connectivity index (χ1) is 15.5.